The van der Waals surface area contributed by atoms with Gasteiger partial charge in [0.05, 0.1) is 23.6 Å². The van der Waals surface area contributed by atoms with Crippen molar-refractivity contribution in [3.05, 3.63) is 63.3 Å². The summed E-state index contributed by atoms with van der Waals surface area (Å²) in [4.78, 5) is 26.3. The summed E-state index contributed by atoms with van der Waals surface area (Å²) in [6.45, 7) is 0.0862. The smallest absolute Gasteiger partial charge is 0.293 e. The van der Waals surface area contributed by atoms with Crippen molar-refractivity contribution >= 4 is 40.6 Å². The van der Waals surface area contributed by atoms with Crippen molar-refractivity contribution in [1.29, 1.82) is 0 Å². The number of methoxy groups -OCH3 is 1. The molecule has 0 atom stereocenters. The Bertz CT molecular complexity index is 1030. The van der Waals surface area contributed by atoms with Crippen LogP contribution in [0.2, 0.25) is 5.02 Å². The molecule has 2 aromatic carbocycles. The molecule has 1 saturated heterocycles. The second-order valence-electron chi connectivity index (χ2n) is 5.92. The Kier molecular flexibility index (Phi) is 6.47. The molecule has 1 heterocycles. The Morgan fingerprint density at radius 3 is 2.66 bits per heavy atom. The van der Waals surface area contributed by atoms with E-state index in [1.807, 2.05) is 0 Å². The van der Waals surface area contributed by atoms with E-state index in [0.29, 0.717) is 22.6 Å². The van der Waals surface area contributed by atoms with E-state index >= 15 is 0 Å². The second kappa shape index (κ2) is 9.03. The van der Waals surface area contributed by atoms with Gasteiger partial charge in [-0.15, -0.1) is 6.42 Å². The zero-order valence-electron chi connectivity index (χ0n) is 15.3. The van der Waals surface area contributed by atoms with Crippen LogP contribution in [0.3, 0.4) is 0 Å². The van der Waals surface area contributed by atoms with Crippen LogP contribution in [0.4, 0.5) is 9.18 Å². The van der Waals surface area contributed by atoms with Crippen molar-refractivity contribution in [3.8, 4) is 23.8 Å². The van der Waals surface area contributed by atoms with E-state index in [-0.39, 0.29) is 28.9 Å². The third-order valence-electron chi connectivity index (χ3n) is 3.98. The molecule has 0 saturated carbocycles. The van der Waals surface area contributed by atoms with Crippen molar-refractivity contribution in [1.82, 2.24) is 4.90 Å². The standard InChI is InChI=1S/C21H15ClFNO4S/c1-3-8-28-19-16(22)9-14(10-17(19)27-2)11-18-20(25)24(21(26)29-18)12-13-4-6-15(23)7-5-13/h1,4-7,9-11H,8,12H2,2H3/b18-11+. The van der Waals surface area contributed by atoms with Crippen molar-refractivity contribution in [2.75, 3.05) is 13.7 Å². The second-order valence-corrected chi connectivity index (χ2v) is 7.32. The van der Waals surface area contributed by atoms with Gasteiger partial charge in [0.15, 0.2) is 11.5 Å². The fourth-order valence-electron chi connectivity index (χ4n) is 2.64. The van der Waals surface area contributed by atoms with E-state index < -0.39 is 11.1 Å². The summed E-state index contributed by atoms with van der Waals surface area (Å²) in [5.41, 5.74) is 1.21. The summed E-state index contributed by atoms with van der Waals surface area (Å²) in [5, 5.41) is -0.144. The lowest BCUT2D eigenvalue weighted by atomic mass is 10.1. The summed E-state index contributed by atoms with van der Waals surface area (Å²) >= 11 is 7.06. The largest absolute Gasteiger partial charge is 0.493 e. The van der Waals surface area contributed by atoms with Gasteiger partial charge in [-0.25, -0.2) is 4.39 Å². The molecule has 0 aromatic heterocycles. The first-order chi connectivity index (χ1) is 13.9. The van der Waals surface area contributed by atoms with Gasteiger partial charge in [-0.3, -0.25) is 14.5 Å². The van der Waals surface area contributed by atoms with Gasteiger partial charge in [0.1, 0.15) is 12.4 Å². The van der Waals surface area contributed by atoms with Crippen LogP contribution < -0.4 is 9.47 Å². The molecule has 2 aromatic rings. The number of hydrogen-bond donors (Lipinski definition) is 0. The topological polar surface area (TPSA) is 55.8 Å². The lowest BCUT2D eigenvalue weighted by molar-refractivity contribution is -0.123. The van der Waals surface area contributed by atoms with Crippen LogP contribution >= 0.6 is 23.4 Å². The Labute approximate surface area is 176 Å². The Morgan fingerprint density at radius 1 is 1.28 bits per heavy atom. The van der Waals surface area contributed by atoms with E-state index in [0.717, 1.165) is 16.7 Å². The van der Waals surface area contributed by atoms with Crippen LogP contribution in [0.25, 0.3) is 6.08 Å². The highest BCUT2D eigenvalue weighted by molar-refractivity contribution is 8.18. The number of carbonyl (C=O) groups is 2. The maximum absolute atomic E-state index is 13.0. The molecular weight excluding hydrogens is 417 g/mol. The van der Waals surface area contributed by atoms with Crippen LogP contribution in [0, 0.1) is 18.2 Å². The Balaban J connectivity index is 1.84. The van der Waals surface area contributed by atoms with Gasteiger partial charge in [0.25, 0.3) is 11.1 Å². The lowest BCUT2D eigenvalue weighted by Crippen LogP contribution is -2.27. The number of imide groups is 1. The van der Waals surface area contributed by atoms with Gasteiger partial charge < -0.3 is 9.47 Å². The van der Waals surface area contributed by atoms with E-state index in [2.05, 4.69) is 5.92 Å². The fourth-order valence-corrected chi connectivity index (χ4v) is 3.75. The fraction of sp³-hybridized carbons (Fsp3) is 0.143. The predicted octanol–water partition coefficient (Wildman–Crippen LogP) is 4.74. The van der Waals surface area contributed by atoms with E-state index in [1.54, 1.807) is 18.2 Å². The predicted molar refractivity (Wildman–Crippen MR) is 110 cm³/mol. The van der Waals surface area contributed by atoms with Crippen LogP contribution in [0.15, 0.2) is 41.3 Å². The molecule has 5 nitrogen and oxygen atoms in total. The summed E-state index contributed by atoms with van der Waals surface area (Å²) in [6.07, 6.45) is 6.75. The highest BCUT2D eigenvalue weighted by Crippen LogP contribution is 2.39. The number of nitrogens with zero attached hydrogens (tertiary/aromatic N) is 1. The molecule has 3 rings (SSSR count). The molecule has 0 bridgehead atoms. The number of rotatable bonds is 6. The van der Waals surface area contributed by atoms with Crippen LogP contribution in [-0.2, 0) is 11.3 Å². The molecule has 0 unspecified atom stereocenters. The van der Waals surface area contributed by atoms with Crippen molar-refractivity contribution in [2.24, 2.45) is 0 Å². The first-order valence-electron chi connectivity index (χ1n) is 8.36. The summed E-state index contributed by atoms with van der Waals surface area (Å²) < 4.78 is 23.7. The molecule has 0 aliphatic carbocycles. The van der Waals surface area contributed by atoms with Crippen molar-refractivity contribution in [3.63, 3.8) is 0 Å². The van der Waals surface area contributed by atoms with Gasteiger partial charge in [0.2, 0.25) is 0 Å². The van der Waals surface area contributed by atoms with E-state index in [9.17, 15) is 14.0 Å². The summed E-state index contributed by atoms with van der Waals surface area (Å²) in [7, 11) is 1.45. The van der Waals surface area contributed by atoms with Gasteiger partial charge >= 0.3 is 0 Å². The SMILES string of the molecule is C#CCOc1c(Cl)cc(/C=C2/SC(=O)N(Cc3ccc(F)cc3)C2=O)cc1OC. The molecule has 1 aliphatic rings. The van der Waals surface area contributed by atoms with Gasteiger partial charge in [0, 0.05) is 0 Å². The zero-order chi connectivity index (χ0) is 21.0. The first kappa shape index (κ1) is 20.8. The number of benzene rings is 2. The minimum absolute atomic E-state index is 0.0255. The van der Waals surface area contributed by atoms with Crippen molar-refractivity contribution < 1.29 is 23.5 Å². The first-order valence-corrected chi connectivity index (χ1v) is 9.56. The molecule has 29 heavy (non-hydrogen) atoms. The number of amides is 2. The molecule has 0 N–H and O–H groups in total. The Morgan fingerprint density at radius 2 is 2.00 bits per heavy atom. The molecular formula is C21H15ClFNO4S. The molecule has 148 valence electrons. The minimum Gasteiger partial charge on any atom is -0.493 e. The minimum atomic E-state index is -0.438. The number of carbonyl (C=O) groups excluding carboxylic acids is 2. The average molecular weight is 432 g/mol. The lowest BCUT2D eigenvalue weighted by Gasteiger charge is -2.12. The number of ether oxygens (including phenoxy) is 2. The van der Waals surface area contributed by atoms with Gasteiger partial charge in [-0.2, -0.15) is 0 Å². The number of halogens is 2. The van der Waals surface area contributed by atoms with E-state index in [1.165, 1.54) is 31.4 Å². The average Bonchev–Trinajstić information content (AvgIpc) is 2.95. The molecule has 0 radical (unpaired) electrons. The molecule has 8 heteroatoms. The number of terminal acetylenes is 1. The normalized spacial score (nSPS) is 15.0. The van der Waals surface area contributed by atoms with Crippen LogP contribution in [0.1, 0.15) is 11.1 Å². The Hall–Kier alpha value is -2.95. The maximum Gasteiger partial charge on any atom is 0.293 e. The van der Waals surface area contributed by atoms with Crippen LogP contribution in [-0.4, -0.2) is 29.8 Å². The maximum atomic E-state index is 13.0. The molecule has 0 spiro atoms. The quantitative estimate of drug-likeness (QED) is 0.488. The highest BCUT2D eigenvalue weighted by Gasteiger charge is 2.35. The van der Waals surface area contributed by atoms with Gasteiger partial charge in [-0.1, -0.05) is 29.7 Å². The van der Waals surface area contributed by atoms with Crippen LogP contribution in [0.5, 0.6) is 11.5 Å². The number of thioether (sulfide) groups is 1. The highest BCUT2D eigenvalue weighted by atomic mass is 35.5. The monoisotopic (exact) mass is 431 g/mol. The summed E-state index contributed by atoms with van der Waals surface area (Å²) in [6, 6.07) is 8.84. The molecule has 2 amide bonds. The third kappa shape index (κ3) is 4.73. The third-order valence-corrected chi connectivity index (χ3v) is 5.17. The molecule has 1 fully saturated rings. The number of hydrogen-bond acceptors (Lipinski definition) is 5. The van der Waals surface area contributed by atoms with Crippen molar-refractivity contribution in [2.45, 2.75) is 6.54 Å². The van der Waals surface area contributed by atoms with E-state index in [4.69, 9.17) is 27.5 Å². The molecule has 1 aliphatic heterocycles. The summed E-state index contributed by atoms with van der Waals surface area (Å²) in [5.74, 6) is 2.17. The zero-order valence-corrected chi connectivity index (χ0v) is 16.8. The van der Waals surface area contributed by atoms with Gasteiger partial charge in [-0.05, 0) is 53.2 Å².